The predicted octanol–water partition coefficient (Wildman–Crippen LogP) is 3.05. The zero-order valence-corrected chi connectivity index (χ0v) is 17.3. The molecule has 0 saturated carbocycles. The van der Waals surface area contributed by atoms with Crippen LogP contribution in [0.4, 0.5) is 5.13 Å². The van der Waals surface area contributed by atoms with Gasteiger partial charge in [-0.2, -0.15) is 4.52 Å². The fraction of sp³-hybridized carbons (Fsp3) is 0.300. The summed E-state index contributed by atoms with van der Waals surface area (Å²) in [4.78, 5) is 22.1. The molecule has 3 aromatic heterocycles. The highest BCUT2D eigenvalue weighted by Gasteiger charge is 2.23. The number of nitrogens with zero attached hydrogens (tertiary/aromatic N) is 5. The Morgan fingerprint density at radius 3 is 2.86 bits per heavy atom. The standard InChI is InChI=1S/C20H22N6O2S/c1-4-7-13-12-16(27)26-20(22-13)29-19(24-26)23-17(18-21-10-11-25(18)2)14-8-5-6-9-15(14)28-3/h5-6,8-12,17H,4,7H2,1-3H3,(H,23,24). The highest BCUT2D eigenvalue weighted by Crippen LogP contribution is 2.33. The maximum Gasteiger partial charge on any atom is 0.275 e. The van der Waals surface area contributed by atoms with Gasteiger partial charge in [-0.1, -0.05) is 42.9 Å². The predicted molar refractivity (Wildman–Crippen MR) is 113 cm³/mol. The molecule has 29 heavy (non-hydrogen) atoms. The number of hydrogen-bond acceptors (Lipinski definition) is 7. The minimum absolute atomic E-state index is 0.173. The molecule has 9 heteroatoms. The van der Waals surface area contributed by atoms with Crippen LogP contribution in [0.3, 0.4) is 0 Å². The summed E-state index contributed by atoms with van der Waals surface area (Å²) in [5, 5.41) is 8.46. The van der Waals surface area contributed by atoms with Gasteiger partial charge in [-0.05, 0) is 12.5 Å². The van der Waals surface area contributed by atoms with Gasteiger partial charge in [0.1, 0.15) is 17.6 Å². The van der Waals surface area contributed by atoms with Crippen molar-refractivity contribution in [3.8, 4) is 5.75 Å². The second-order valence-corrected chi connectivity index (χ2v) is 7.61. The normalized spacial score (nSPS) is 12.2. The van der Waals surface area contributed by atoms with Gasteiger partial charge in [0.05, 0.1) is 7.11 Å². The molecule has 1 aromatic carbocycles. The van der Waals surface area contributed by atoms with Crippen LogP contribution < -0.4 is 15.6 Å². The van der Waals surface area contributed by atoms with Gasteiger partial charge in [0.15, 0.2) is 0 Å². The van der Waals surface area contributed by atoms with Gasteiger partial charge in [-0.3, -0.25) is 4.79 Å². The van der Waals surface area contributed by atoms with E-state index in [9.17, 15) is 4.79 Å². The first kappa shape index (κ1) is 19.1. The Morgan fingerprint density at radius 2 is 2.14 bits per heavy atom. The van der Waals surface area contributed by atoms with Crippen molar-refractivity contribution >= 4 is 21.4 Å². The minimum atomic E-state index is -0.308. The molecule has 1 atom stereocenters. The molecule has 0 aliphatic carbocycles. The number of para-hydroxylation sites is 1. The summed E-state index contributed by atoms with van der Waals surface area (Å²) in [6.07, 6.45) is 5.34. The van der Waals surface area contributed by atoms with Crippen molar-refractivity contribution in [1.82, 2.24) is 24.1 Å². The van der Waals surface area contributed by atoms with Crippen LogP contribution in [0.5, 0.6) is 5.75 Å². The smallest absolute Gasteiger partial charge is 0.275 e. The van der Waals surface area contributed by atoms with E-state index >= 15 is 0 Å². The molecule has 4 rings (SSSR count). The summed E-state index contributed by atoms with van der Waals surface area (Å²) in [7, 11) is 3.58. The van der Waals surface area contributed by atoms with Crippen LogP contribution in [0.15, 0.2) is 47.5 Å². The number of benzene rings is 1. The molecule has 0 radical (unpaired) electrons. The second kappa shape index (κ2) is 8.04. The molecular formula is C20H22N6O2S. The van der Waals surface area contributed by atoms with E-state index in [0.29, 0.717) is 10.1 Å². The SMILES string of the molecule is CCCc1cc(=O)n2nc(NC(c3ccccc3OC)c3nccn3C)sc2n1. The van der Waals surface area contributed by atoms with Crippen molar-refractivity contribution in [2.75, 3.05) is 12.4 Å². The number of anilines is 1. The Morgan fingerprint density at radius 1 is 1.31 bits per heavy atom. The van der Waals surface area contributed by atoms with E-state index in [2.05, 4.69) is 27.3 Å². The molecule has 8 nitrogen and oxygen atoms in total. The lowest BCUT2D eigenvalue weighted by Gasteiger charge is -2.20. The molecule has 0 spiro atoms. The van der Waals surface area contributed by atoms with Crippen LogP contribution in [0.2, 0.25) is 0 Å². The first-order valence-electron chi connectivity index (χ1n) is 9.37. The van der Waals surface area contributed by atoms with Crippen molar-refractivity contribution in [3.63, 3.8) is 0 Å². The molecule has 0 saturated heterocycles. The Labute approximate surface area is 171 Å². The minimum Gasteiger partial charge on any atom is -0.496 e. The number of aromatic nitrogens is 5. The lowest BCUT2D eigenvalue weighted by molar-refractivity contribution is 0.408. The number of nitrogens with one attached hydrogen (secondary N) is 1. The molecule has 0 aliphatic rings. The van der Waals surface area contributed by atoms with Crippen LogP contribution in [0, 0.1) is 0 Å². The topological polar surface area (TPSA) is 86.3 Å². The summed E-state index contributed by atoms with van der Waals surface area (Å²) in [6.45, 7) is 2.06. The van der Waals surface area contributed by atoms with Gasteiger partial charge in [0.2, 0.25) is 10.1 Å². The fourth-order valence-electron chi connectivity index (χ4n) is 3.26. The fourth-order valence-corrected chi connectivity index (χ4v) is 4.12. The summed E-state index contributed by atoms with van der Waals surface area (Å²) >= 11 is 1.34. The molecule has 0 bridgehead atoms. The summed E-state index contributed by atoms with van der Waals surface area (Å²) < 4.78 is 8.84. The first-order valence-corrected chi connectivity index (χ1v) is 10.2. The van der Waals surface area contributed by atoms with E-state index < -0.39 is 0 Å². The van der Waals surface area contributed by atoms with Crippen LogP contribution in [0.1, 0.15) is 36.5 Å². The molecule has 4 aromatic rings. The van der Waals surface area contributed by atoms with E-state index in [4.69, 9.17) is 4.74 Å². The van der Waals surface area contributed by atoms with Crippen molar-refractivity contribution < 1.29 is 4.74 Å². The van der Waals surface area contributed by atoms with E-state index in [1.54, 1.807) is 19.4 Å². The van der Waals surface area contributed by atoms with Crippen molar-refractivity contribution in [2.24, 2.45) is 7.05 Å². The maximum absolute atomic E-state index is 12.4. The van der Waals surface area contributed by atoms with Gasteiger partial charge >= 0.3 is 0 Å². The van der Waals surface area contributed by atoms with Gasteiger partial charge in [0.25, 0.3) is 5.56 Å². The average molecular weight is 411 g/mol. The molecule has 1 N–H and O–H groups in total. The van der Waals surface area contributed by atoms with Crippen molar-refractivity contribution in [3.05, 3.63) is 70.2 Å². The first-order chi connectivity index (χ1) is 14.1. The van der Waals surface area contributed by atoms with Crippen LogP contribution >= 0.6 is 11.3 Å². The molecule has 1 unspecified atom stereocenters. The Balaban J connectivity index is 1.78. The third-order valence-electron chi connectivity index (χ3n) is 4.64. The zero-order valence-electron chi connectivity index (χ0n) is 16.5. The van der Waals surface area contributed by atoms with Crippen molar-refractivity contribution in [1.29, 1.82) is 0 Å². The lowest BCUT2D eigenvalue weighted by atomic mass is 10.1. The number of ether oxygens (including phenoxy) is 1. The molecule has 3 heterocycles. The third-order valence-corrected chi connectivity index (χ3v) is 5.48. The Kier molecular flexibility index (Phi) is 5.30. The van der Waals surface area contributed by atoms with Crippen molar-refractivity contribution in [2.45, 2.75) is 25.8 Å². The average Bonchev–Trinajstić information content (AvgIpc) is 3.32. The van der Waals surface area contributed by atoms with E-state index in [-0.39, 0.29) is 11.6 Å². The highest BCUT2D eigenvalue weighted by atomic mass is 32.1. The van der Waals surface area contributed by atoms with Crippen LogP contribution in [-0.4, -0.2) is 31.3 Å². The van der Waals surface area contributed by atoms with E-state index in [0.717, 1.165) is 35.7 Å². The summed E-state index contributed by atoms with van der Waals surface area (Å²) in [6, 6.07) is 9.02. The van der Waals surface area contributed by atoms with Crippen LogP contribution in [-0.2, 0) is 13.5 Å². The van der Waals surface area contributed by atoms with Gasteiger partial charge in [0, 0.05) is 36.8 Å². The van der Waals surface area contributed by atoms with E-state index in [1.807, 2.05) is 42.1 Å². The second-order valence-electron chi connectivity index (χ2n) is 6.65. The Bertz CT molecular complexity index is 1200. The summed E-state index contributed by atoms with van der Waals surface area (Å²) in [5.74, 6) is 1.55. The van der Waals surface area contributed by atoms with Gasteiger partial charge in [-0.25, -0.2) is 9.97 Å². The van der Waals surface area contributed by atoms with E-state index in [1.165, 1.54) is 15.9 Å². The number of fused-ring (bicyclic) bond motifs is 1. The highest BCUT2D eigenvalue weighted by molar-refractivity contribution is 7.20. The number of hydrogen-bond donors (Lipinski definition) is 1. The van der Waals surface area contributed by atoms with Gasteiger partial charge in [-0.15, -0.1) is 5.10 Å². The molecule has 0 amide bonds. The van der Waals surface area contributed by atoms with Crippen LogP contribution in [0.25, 0.3) is 4.96 Å². The molecule has 0 aliphatic heterocycles. The quantitative estimate of drug-likeness (QED) is 0.504. The largest absolute Gasteiger partial charge is 0.496 e. The lowest BCUT2D eigenvalue weighted by Crippen LogP contribution is -2.19. The number of aryl methyl sites for hydroxylation is 2. The summed E-state index contributed by atoms with van der Waals surface area (Å²) in [5.41, 5.74) is 1.54. The zero-order chi connectivity index (χ0) is 20.4. The Hall–Kier alpha value is -3.20. The molecule has 0 fully saturated rings. The molecular weight excluding hydrogens is 388 g/mol. The molecule has 150 valence electrons. The maximum atomic E-state index is 12.4. The monoisotopic (exact) mass is 410 g/mol. The van der Waals surface area contributed by atoms with Gasteiger partial charge < -0.3 is 14.6 Å². The number of imidazole rings is 1. The number of rotatable bonds is 7. The third kappa shape index (κ3) is 3.73. The number of methoxy groups -OCH3 is 1.